The third-order valence-electron chi connectivity index (χ3n) is 3.20. The molecule has 1 saturated heterocycles. The molecule has 0 aliphatic carbocycles. The molecule has 0 unspecified atom stereocenters. The lowest BCUT2D eigenvalue weighted by Crippen LogP contribution is -2.46. The highest BCUT2D eigenvalue weighted by Gasteiger charge is 2.20. The fourth-order valence-electron chi connectivity index (χ4n) is 2.12. The molecule has 108 valence electrons. The highest BCUT2D eigenvalue weighted by molar-refractivity contribution is 7.15. The number of nitrogens with zero attached hydrogens (tertiary/aromatic N) is 1. The number of allylic oxidation sites excluding steroid dienone is 1. The van der Waals surface area contributed by atoms with Crippen molar-refractivity contribution in [2.45, 2.75) is 13.0 Å². The minimum absolute atomic E-state index is 0.0953. The van der Waals surface area contributed by atoms with E-state index >= 15 is 0 Å². The van der Waals surface area contributed by atoms with Gasteiger partial charge in [-0.25, -0.2) is 0 Å². The van der Waals surface area contributed by atoms with Gasteiger partial charge in [0, 0.05) is 44.0 Å². The molecule has 1 amide bonds. The molecule has 0 radical (unpaired) electrons. The number of piperazine rings is 1. The molecule has 0 saturated carbocycles. The van der Waals surface area contributed by atoms with Crippen LogP contribution in [0.1, 0.15) is 26.5 Å². The molecule has 0 bridgehead atoms. The normalized spacial score (nSPS) is 15.8. The van der Waals surface area contributed by atoms with Crippen molar-refractivity contribution in [3.8, 4) is 0 Å². The van der Waals surface area contributed by atoms with Gasteiger partial charge in [0.15, 0.2) is 0 Å². The molecule has 1 fully saturated rings. The lowest BCUT2D eigenvalue weighted by Gasteiger charge is -2.26. The van der Waals surface area contributed by atoms with E-state index in [2.05, 4.69) is 5.32 Å². The zero-order valence-electron chi connectivity index (χ0n) is 11.4. The summed E-state index contributed by atoms with van der Waals surface area (Å²) in [6.07, 6.45) is 5.81. The number of nitrogens with two attached hydrogens (primary N) is 1. The third kappa shape index (κ3) is 3.53. The van der Waals surface area contributed by atoms with Gasteiger partial charge in [-0.05, 0) is 23.9 Å². The van der Waals surface area contributed by atoms with Crippen molar-refractivity contribution in [3.63, 3.8) is 0 Å². The molecular weight excluding hydrogens is 272 g/mol. The van der Waals surface area contributed by atoms with Crippen LogP contribution in [0.5, 0.6) is 0 Å². The zero-order chi connectivity index (χ0) is 14.4. The van der Waals surface area contributed by atoms with Crippen molar-refractivity contribution in [1.29, 1.82) is 5.41 Å². The molecule has 1 aliphatic rings. The number of carbonyl (C=O) groups excluding carboxylic acids is 1. The molecule has 5 nitrogen and oxygen atoms in total. The standard InChI is InChI=1S/C14H20N4OS/c15-4-2-1-3-12-11(10-16)9-13(20-12)14(19)18-7-5-17-6-8-18/h1,3-4,9,15,17H,2,5-8,10,16H2/b3-1-,15-4?. The van der Waals surface area contributed by atoms with Gasteiger partial charge >= 0.3 is 0 Å². The van der Waals surface area contributed by atoms with Crippen LogP contribution in [0.3, 0.4) is 0 Å². The van der Waals surface area contributed by atoms with Crippen LogP contribution >= 0.6 is 11.3 Å². The second-order valence-electron chi connectivity index (χ2n) is 4.59. The van der Waals surface area contributed by atoms with Crippen molar-refractivity contribution >= 4 is 29.5 Å². The van der Waals surface area contributed by atoms with E-state index in [-0.39, 0.29) is 5.91 Å². The predicted molar refractivity (Wildman–Crippen MR) is 83.4 cm³/mol. The van der Waals surface area contributed by atoms with Crippen LogP contribution in [0.4, 0.5) is 0 Å². The van der Waals surface area contributed by atoms with Gasteiger partial charge in [-0.15, -0.1) is 11.3 Å². The smallest absolute Gasteiger partial charge is 0.264 e. The number of hydrogen-bond donors (Lipinski definition) is 3. The Morgan fingerprint density at radius 3 is 2.90 bits per heavy atom. The van der Waals surface area contributed by atoms with Gasteiger partial charge in [0.05, 0.1) is 4.88 Å². The first kappa shape index (κ1) is 14.9. The van der Waals surface area contributed by atoms with E-state index in [0.717, 1.165) is 41.5 Å². The summed E-state index contributed by atoms with van der Waals surface area (Å²) in [6, 6.07) is 1.90. The Morgan fingerprint density at radius 2 is 2.25 bits per heavy atom. The molecule has 0 atom stereocenters. The SMILES string of the molecule is N=CC/C=C\c1sc(C(=O)N2CCNCC2)cc1CN. The molecule has 2 heterocycles. The van der Waals surface area contributed by atoms with E-state index in [0.29, 0.717) is 13.0 Å². The Balaban J connectivity index is 2.15. The predicted octanol–water partition coefficient (Wildman–Crippen LogP) is 1.31. The van der Waals surface area contributed by atoms with Gasteiger partial charge in [-0.1, -0.05) is 6.08 Å². The Morgan fingerprint density at radius 1 is 1.50 bits per heavy atom. The maximum atomic E-state index is 12.4. The monoisotopic (exact) mass is 292 g/mol. The van der Waals surface area contributed by atoms with Gasteiger partial charge < -0.3 is 21.4 Å². The van der Waals surface area contributed by atoms with E-state index in [1.807, 2.05) is 23.1 Å². The topological polar surface area (TPSA) is 82.2 Å². The summed E-state index contributed by atoms with van der Waals surface area (Å²) in [4.78, 5) is 16.1. The summed E-state index contributed by atoms with van der Waals surface area (Å²) in [6.45, 7) is 3.65. The molecule has 6 heteroatoms. The molecular formula is C14H20N4OS. The number of thiophene rings is 1. The summed E-state index contributed by atoms with van der Waals surface area (Å²) in [7, 11) is 0. The van der Waals surface area contributed by atoms with Gasteiger partial charge in [-0.3, -0.25) is 4.79 Å². The summed E-state index contributed by atoms with van der Waals surface area (Å²) in [5, 5.41) is 10.3. The summed E-state index contributed by atoms with van der Waals surface area (Å²) in [5.74, 6) is 0.0953. The average Bonchev–Trinajstić information content (AvgIpc) is 2.91. The van der Waals surface area contributed by atoms with Crippen molar-refractivity contribution in [1.82, 2.24) is 10.2 Å². The minimum atomic E-state index is 0.0953. The fraction of sp³-hybridized carbons (Fsp3) is 0.429. The minimum Gasteiger partial charge on any atom is -0.335 e. The molecule has 1 aliphatic heterocycles. The van der Waals surface area contributed by atoms with Crippen molar-refractivity contribution in [2.24, 2.45) is 5.73 Å². The number of nitrogens with one attached hydrogen (secondary N) is 2. The molecule has 1 aromatic heterocycles. The Hall–Kier alpha value is -1.50. The van der Waals surface area contributed by atoms with Gasteiger partial charge in [0.1, 0.15) is 0 Å². The van der Waals surface area contributed by atoms with E-state index < -0.39 is 0 Å². The number of rotatable bonds is 5. The van der Waals surface area contributed by atoms with Crippen LogP contribution in [0, 0.1) is 5.41 Å². The number of amides is 1. The summed E-state index contributed by atoms with van der Waals surface area (Å²) in [5.41, 5.74) is 6.73. The maximum absolute atomic E-state index is 12.4. The zero-order valence-corrected chi connectivity index (χ0v) is 12.2. The van der Waals surface area contributed by atoms with Crippen LogP contribution in [0.15, 0.2) is 12.1 Å². The van der Waals surface area contributed by atoms with Crippen molar-refractivity contribution < 1.29 is 4.79 Å². The highest BCUT2D eigenvalue weighted by atomic mass is 32.1. The molecule has 1 aromatic rings. The number of hydrogen-bond acceptors (Lipinski definition) is 5. The van der Waals surface area contributed by atoms with Crippen LogP contribution in [-0.2, 0) is 6.54 Å². The van der Waals surface area contributed by atoms with Crippen LogP contribution in [0.2, 0.25) is 0 Å². The van der Waals surface area contributed by atoms with Crippen LogP contribution < -0.4 is 11.1 Å². The summed E-state index contributed by atoms with van der Waals surface area (Å²) >= 11 is 1.48. The molecule has 2 rings (SSSR count). The second-order valence-corrected chi connectivity index (χ2v) is 5.67. The second kappa shape index (κ2) is 7.33. The lowest BCUT2D eigenvalue weighted by molar-refractivity contribution is 0.0740. The van der Waals surface area contributed by atoms with Gasteiger partial charge in [-0.2, -0.15) is 0 Å². The van der Waals surface area contributed by atoms with Gasteiger partial charge in [0.2, 0.25) is 0 Å². The first-order chi connectivity index (χ1) is 9.76. The molecule has 0 spiro atoms. The van der Waals surface area contributed by atoms with Crippen molar-refractivity contribution in [3.05, 3.63) is 27.5 Å². The van der Waals surface area contributed by atoms with Crippen molar-refractivity contribution in [2.75, 3.05) is 26.2 Å². The average molecular weight is 292 g/mol. The fourth-order valence-corrected chi connectivity index (χ4v) is 3.21. The van der Waals surface area contributed by atoms with Crippen LogP contribution in [0.25, 0.3) is 6.08 Å². The Bertz CT molecular complexity index is 503. The first-order valence-corrected chi connectivity index (χ1v) is 7.56. The first-order valence-electron chi connectivity index (χ1n) is 6.74. The molecule has 4 N–H and O–H groups in total. The maximum Gasteiger partial charge on any atom is 0.264 e. The summed E-state index contributed by atoms with van der Waals surface area (Å²) < 4.78 is 0. The van der Waals surface area contributed by atoms with E-state index in [1.165, 1.54) is 17.6 Å². The largest absolute Gasteiger partial charge is 0.335 e. The lowest BCUT2D eigenvalue weighted by atomic mass is 10.2. The molecule has 20 heavy (non-hydrogen) atoms. The Labute approximate surface area is 123 Å². The Kier molecular flexibility index (Phi) is 5.46. The quantitative estimate of drug-likeness (QED) is 0.716. The third-order valence-corrected chi connectivity index (χ3v) is 4.33. The molecule has 0 aromatic carbocycles. The van der Waals surface area contributed by atoms with Crippen LogP contribution in [-0.4, -0.2) is 43.2 Å². The van der Waals surface area contributed by atoms with E-state index in [4.69, 9.17) is 11.1 Å². The number of carbonyl (C=O) groups is 1. The van der Waals surface area contributed by atoms with E-state index in [9.17, 15) is 4.79 Å². The highest BCUT2D eigenvalue weighted by Crippen LogP contribution is 2.25. The van der Waals surface area contributed by atoms with E-state index in [1.54, 1.807) is 0 Å². The van der Waals surface area contributed by atoms with Gasteiger partial charge in [0.25, 0.3) is 5.91 Å².